The van der Waals surface area contributed by atoms with E-state index in [0.717, 1.165) is 31.4 Å². The van der Waals surface area contributed by atoms with Gasteiger partial charge < -0.3 is 10.4 Å². The molecular weight excluding hydrogens is 296 g/mol. The summed E-state index contributed by atoms with van der Waals surface area (Å²) in [6.45, 7) is 0. The number of rotatable bonds is 3. The van der Waals surface area contributed by atoms with Gasteiger partial charge in [-0.2, -0.15) is 0 Å². The third kappa shape index (κ3) is 3.15. The van der Waals surface area contributed by atoms with Crippen molar-refractivity contribution in [3.63, 3.8) is 0 Å². The molecule has 2 aromatic rings. The molecule has 0 saturated heterocycles. The van der Waals surface area contributed by atoms with Crippen molar-refractivity contribution in [2.24, 2.45) is 0 Å². The largest absolute Gasteiger partial charge is 0.502 e. The van der Waals surface area contributed by atoms with Crippen molar-refractivity contribution in [1.29, 1.82) is 0 Å². The highest BCUT2D eigenvalue weighted by Gasteiger charge is 2.22. The molecule has 1 aliphatic rings. The topological polar surface area (TPSA) is 92.5 Å². The van der Waals surface area contributed by atoms with Crippen LogP contribution in [-0.2, 0) is 12.8 Å². The Kier molecular flexibility index (Phi) is 3.97. The Labute approximate surface area is 132 Å². The molecule has 0 radical (unpaired) electrons. The molecule has 3 rings (SSSR count). The third-order valence-electron chi connectivity index (χ3n) is 4.12. The zero-order valence-electron chi connectivity index (χ0n) is 12.4. The summed E-state index contributed by atoms with van der Waals surface area (Å²) in [4.78, 5) is 22.3. The number of phenols is 1. The lowest BCUT2D eigenvalue weighted by Gasteiger charge is -2.25. The molecule has 118 valence electrons. The number of aromatic hydroxyl groups is 1. The molecule has 1 unspecified atom stereocenters. The lowest BCUT2D eigenvalue weighted by molar-refractivity contribution is -0.385. The summed E-state index contributed by atoms with van der Waals surface area (Å²) in [5.74, 6) is -0.837. The maximum absolute atomic E-state index is 12.3. The van der Waals surface area contributed by atoms with E-state index in [1.807, 2.05) is 12.1 Å². The second-order valence-corrected chi connectivity index (χ2v) is 5.64. The summed E-state index contributed by atoms with van der Waals surface area (Å²) in [5, 5.41) is 23.2. The highest BCUT2D eigenvalue weighted by molar-refractivity contribution is 5.95. The average Bonchev–Trinajstić information content (AvgIpc) is 2.54. The van der Waals surface area contributed by atoms with Gasteiger partial charge in [0.2, 0.25) is 0 Å². The molecule has 0 saturated carbocycles. The maximum atomic E-state index is 12.3. The Hall–Kier alpha value is -2.89. The van der Waals surface area contributed by atoms with Gasteiger partial charge in [0.1, 0.15) is 0 Å². The minimum atomic E-state index is -0.685. The van der Waals surface area contributed by atoms with E-state index in [2.05, 4.69) is 17.4 Å². The summed E-state index contributed by atoms with van der Waals surface area (Å²) in [7, 11) is 0. The Morgan fingerprint density at radius 1 is 1.22 bits per heavy atom. The Morgan fingerprint density at radius 3 is 2.65 bits per heavy atom. The smallest absolute Gasteiger partial charge is 0.310 e. The molecule has 2 aromatic carbocycles. The van der Waals surface area contributed by atoms with Crippen LogP contribution in [0.3, 0.4) is 0 Å². The quantitative estimate of drug-likeness (QED) is 0.673. The van der Waals surface area contributed by atoms with Gasteiger partial charge in [0.05, 0.1) is 4.92 Å². The number of carbonyl (C=O) groups excluding carboxylic acids is 1. The van der Waals surface area contributed by atoms with Crippen molar-refractivity contribution < 1.29 is 14.8 Å². The van der Waals surface area contributed by atoms with Crippen molar-refractivity contribution in [2.75, 3.05) is 0 Å². The Balaban J connectivity index is 1.71. The van der Waals surface area contributed by atoms with E-state index in [0.29, 0.717) is 0 Å². The van der Waals surface area contributed by atoms with E-state index in [1.165, 1.54) is 17.2 Å². The number of carbonyl (C=O) groups is 1. The van der Waals surface area contributed by atoms with Crippen molar-refractivity contribution in [2.45, 2.75) is 25.3 Å². The highest BCUT2D eigenvalue weighted by atomic mass is 16.6. The van der Waals surface area contributed by atoms with Crippen molar-refractivity contribution in [3.8, 4) is 5.75 Å². The molecule has 6 heteroatoms. The van der Waals surface area contributed by atoms with Gasteiger partial charge in [-0.3, -0.25) is 14.9 Å². The van der Waals surface area contributed by atoms with E-state index in [-0.39, 0.29) is 17.5 Å². The normalized spacial score (nSPS) is 16.4. The number of fused-ring (bicyclic) bond motifs is 1. The van der Waals surface area contributed by atoms with Crippen LogP contribution in [0.25, 0.3) is 0 Å². The molecular formula is C17H16N2O4. The average molecular weight is 312 g/mol. The first kappa shape index (κ1) is 15.0. The molecule has 0 spiro atoms. The number of benzene rings is 2. The molecule has 0 aromatic heterocycles. The van der Waals surface area contributed by atoms with Gasteiger partial charge in [-0.25, -0.2) is 0 Å². The number of aryl methyl sites for hydroxylation is 1. The van der Waals surface area contributed by atoms with Crippen LogP contribution in [0.5, 0.6) is 5.75 Å². The number of amides is 1. The fourth-order valence-electron chi connectivity index (χ4n) is 2.91. The molecule has 1 atom stereocenters. The number of hydrogen-bond donors (Lipinski definition) is 2. The first-order chi connectivity index (χ1) is 11.0. The van der Waals surface area contributed by atoms with Gasteiger partial charge in [0.15, 0.2) is 5.75 Å². The van der Waals surface area contributed by atoms with Gasteiger partial charge >= 0.3 is 5.69 Å². The van der Waals surface area contributed by atoms with E-state index in [4.69, 9.17) is 0 Å². The number of nitrogens with one attached hydrogen (secondary N) is 1. The van der Waals surface area contributed by atoms with Crippen molar-refractivity contribution in [3.05, 3.63) is 69.3 Å². The van der Waals surface area contributed by atoms with Gasteiger partial charge in [0, 0.05) is 17.7 Å². The summed E-state index contributed by atoms with van der Waals surface area (Å²) in [6, 6.07) is 11.8. The predicted octanol–water partition coefficient (Wildman–Crippen LogP) is 2.59. The third-order valence-corrected chi connectivity index (χ3v) is 4.12. The van der Waals surface area contributed by atoms with Crippen molar-refractivity contribution in [1.82, 2.24) is 5.32 Å². The number of nitro groups is 1. The monoisotopic (exact) mass is 312 g/mol. The van der Waals surface area contributed by atoms with Crippen LogP contribution in [0.2, 0.25) is 0 Å². The number of nitrogens with zero attached hydrogens (tertiary/aromatic N) is 1. The van der Waals surface area contributed by atoms with E-state index >= 15 is 0 Å². The fourth-order valence-corrected chi connectivity index (χ4v) is 2.91. The second-order valence-electron chi connectivity index (χ2n) is 5.64. The van der Waals surface area contributed by atoms with Crippen LogP contribution >= 0.6 is 0 Å². The summed E-state index contributed by atoms with van der Waals surface area (Å²) < 4.78 is 0. The SMILES string of the molecule is O=C(NC1CCc2ccccc2C1)c1ccc([N+](=O)[O-])c(O)c1. The Bertz CT molecular complexity index is 773. The van der Waals surface area contributed by atoms with Crippen LogP contribution in [0.1, 0.15) is 27.9 Å². The zero-order valence-corrected chi connectivity index (χ0v) is 12.4. The van der Waals surface area contributed by atoms with Crippen LogP contribution in [0.15, 0.2) is 42.5 Å². The number of hydrogen-bond acceptors (Lipinski definition) is 4. The molecule has 2 N–H and O–H groups in total. The number of nitro benzene ring substituents is 1. The predicted molar refractivity (Wildman–Crippen MR) is 84.5 cm³/mol. The molecule has 6 nitrogen and oxygen atoms in total. The van der Waals surface area contributed by atoms with Gasteiger partial charge in [-0.05, 0) is 42.5 Å². The molecule has 0 bridgehead atoms. The van der Waals surface area contributed by atoms with Crippen molar-refractivity contribution >= 4 is 11.6 Å². The molecule has 0 heterocycles. The number of phenolic OH excluding ortho intramolecular Hbond substituents is 1. The van der Waals surface area contributed by atoms with Crippen LogP contribution < -0.4 is 5.32 Å². The van der Waals surface area contributed by atoms with E-state index in [9.17, 15) is 20.0 Å². The maximum Gasteiger partial charge on any atom is 0.310 e. The molecule has 1 aliphatic carbocycles. The van der Waals surface area contributed by atoms with Gasteiger partial charge in [-0.15, -0.1) is 0 Å². The summed E-state index contributed by atoms with van der Waals surface area (Å²) >= 11 is 0. The zero-order chi connectivity index (χ0) is 16.4. The standard InChI is InChI=1S/C17H16N2O4/c20-16-10-13(6-8-15(16)19(22)23)17(21)18-14-7-5-11-3-1-2-4-12(11)9-14/h1-4,6,8,10,14,20H,5,7,9H2,(H,18,21). The molecule has 0 aliphatic heterocycles. The lowest BCUT2D eigenvalue weighted by Crippen LogP contribution is -2.38. The first-order valence-electron chi connectivity index (χ1n) is 7.39. The Morgan fingerprint density at radius 2 is 1.96 bits per heavy atom. The summed E-state index contributed by atoms with van der Waals surface area (Å²) in [5.41, 5.74) is 2.35. The minimum absolute atomic E-state index is 0.0229. The van der Waals surface area contributed by atoms with Gasteiger partial charge in [0.25, 0.3) is 5.91 Å². The van der Waals surface area contributed by atoms with Crippen LogP contribution in [-0.4, -0.2) is 22.0 Å². The fraction of sp³-hybridized carbons (Fsp3) is 0.235. The second kappa shape index (κ2) is 6.08. The van der Waals surface area contributed by atoms with Gasteiger partial charge in [-0.1, -0.05) is 24.3 Å². The highest BCUT2D eigenvalue weighted by Crippen LogP contribution is 2.26. The van der Waals surface area contributed by atoms with Crippen LogP contribution in [0, 0.1) is 10.1 Å². The van der Waals surface area contributed by atoms with Crippen LogP contribution in [0.4, 0.5) is 5.69 Å². The summed E-state index contributed by atoms with van der Waals surface area (Å²) in [6.07, 6.45) is 2.52. The minimum Gasteiger partial charge on any atom is -0.502 e. The molecule has 1 amide bonds. The van der Waals surface area contributed by atoms with E-state index in [1.54, 1.807) is 0 Å². The lowest BCUT2D eigenvalue weighted by atomic mass is 9.88. The first-order valence-corrected chi connectivity index (χ1v) is 7.39. The molecule has 23 heavy (non-hydrogen) atoms. The van der Waals surface area contributed by atoms with E-state index < -0.39 is 16.4 Å². The molecule has 0 fully saturated rings.